The molecule has 0 aromatic heterocycles. The van der Waals surface area contributed by atoms with Gasteiger partial charge >= 0.3 is 31.1 Å². The number of sulfonamides is 2. The van der Waals surface area contributed by atoms with E-state index in [1.165, 1.54) is 6.92 Å². The molecule has 18 heteroatoms. The van der Waals surface area contributed by atoms with E-state index < -0.39 is 62.9 Å². The van der Waals surface area contributed by atoms with Crippen molar-refractivity contribution in [2.75, 3.05) is 52.4 Å². The van der Waals surface area contributed by atoms with Crippen LogP contribution in [0.25, 0.3) is 0 Å². The van der Waals surface area contributed by atoms with Crippen LogP contribution in [0.15, 0.2) is 60.7 Å². The SMILES string of the molecule is CCN(C[C@H](O)CN(CCCN(Cc1ccccc1)C[C@@H](O)CN(CC1CC1)S(=O)(=O)C(F)(F)F)Cc1ccccc1)S(=O)(=O)C(F)(F)F. The summed E-state index contributed by atoms with van der Waals surface area (Å²) in [6.45, 7) is -0.400. The normalized spacial score (nSPS) is 16.2. The van der Waals surface area contributed by atoms with Crippen LogP contribution in [-0.4, -0.2) is 121 Å². The number of nitrogens with zero attached hydrogens (tertiary/aromatic N) is 4. The molecule has 49 heavy (non-hydrogen) atoms. The number of hydrogen-bond donors (Lipinski definition) is 2. The van der Waals surface area contributed by atoms with Gasteiger partial charge in [0.2, 0.25) is 0 Å². The van der Waals surface area contributed by atoms with Crippen molar-refractivity contribution in [1.29, 1.82) is 0 Å². The van der Waals surface area contributed by atoms with Gasteiger partial charge in [-0.05, 0) is 49.4 Å². The van der Waals surface area contributed by atoms with Crippen molar-refractivity contribution in [1.82, 2.24) is 18.4 Å². The monoisotopic (exact) mass is 746 g/mol. The van der Waals surface area contributed by atoms with E-state index in [0.717, 1.165) is 11.1 Å². The quantitative estimate of drug-likeness (QED) is 0.185. The molecule has 0 saturated heterocycles. The zero-order valence-electron chi connectivity index (χ0n) is 27.1. The lowest BCUT2D eigenvalue weighted by Crippen LogP contribution is -2.48. The van der Waals surface area contributed by atoms with Gasteiger partial charge < -0.3 is 10.2 Å². The van der Waals surface area contributed by atoms with Crippen LogP contribution in [0, 0.1) is 5.92 Å². The van der Waals surface area contributed by atoms with Gasteiger partial charge in [-0.15, -0.1) is 0 Å². The first-order chi connectivity index (χ1) is 22.8. The molecule has 3 rings (SSSR count). The highest BCUT2D eigenvalue weighted by Gasteiger charge is 2.51. The summed E-state index contributed by atoms with van der Waals surface area (Å²) in [5.41, 5.74) is -9.38. The average molecular weight is 747 g/mol. The number of benzene rings is 2. The summed E-state index contributed by atoms with van der Waals surface area (Å²) >= 11 is 0. The van der Waals surface area contributed by atoms with Crippen molar-refractivity contribution in [3.8, 4) is 0 Å². The molecule has 0 heterocycles. The maximum Gasteiger partial charge on any atom is 0.511 e. The molecular weight excluding hydrogens is 702 g/mol. The number of likely N-dealkylation sites (N-methyl/N-ethyl adjacent to an activating group) is 1. The standard InChI is InChI=1S/C31H44F6N4O6S2/c1-2-40(48(44,45)30(32,33)34)23-28(42)21-38(18-25-10-5-3-6-11-25)16-9-17-39(19-26-12-7-4-8-13-26)22-29(43)24-41(20-27-14-15-27)49(46,47)31(35,36)37/h3-8,10-13,27-29,42-43H,2,9,14-24H2,1H3/t28-,29-/m1/s1. The molecule has 1 fully saturated rings. The van der Waals surface area contributed by atoms with Gasteiger partial charge in [0.25, 0.3) is 0 Å². The summed E-state index contributed by atoms with van der Waals surface area (Å²) in [5, 5.41) is 21.6. The molecule has 1 aliphatic carbocycles. The third kappa shape index (κ3) is 12.7. The van der Waals surface area contributed by atoms with Crippen molar-refractivity contribution in [2.45, 2.75) is 62.5 Å². The Hall–Kier alpha value is -2.32. The van der Waals surface area contributed by atoms with E-state index in [4.69, 9.17) is 0 Å². The van der Waals surface area contributed by atoms with E-state index in [9.17, 15) is 53.4 Å². The van der Waals surface area contributed by atoms with E-state index in [1.54, 1.807) is 46.2 Å². The van der Waals surface area contributed by atoms with Crippen LogP contribution in [0.3, 0.4) is 0 Å². The van der Waals surface area contributed by atoms with Gasteiger partial charge in [0, 0.05) is 52.4 Å². The van der Waals surface area contributed by atoms with Crippen LogP contribution < -0.4 is 0 Å². The minimum Gasteiger partial charge on any atom is -0.390 e. The lowest BCUT2D eigenvalue weighted by molar-refractivity contribution is -0.0505. The third-order valence-corrected chi connectivity index (χ3v) is 11.2. The van der Waals surface area contributed by atoms with Crippen LogP contribution in [0.2, 0.25) is 0 Å². The molecule has 2 aromatic rings. The van der Waals surface area contributed by atoms with Gasteiger partial charge in [0.1, 0.15) is 0 Å². The topological polar surface area (TPSA) is 122 Å². The van der Waals surface area contributed by atoms with Gasteiger partial charge in [0.05, 0.1) is 12.2 Å². The summed E-state index contributed by atoms with van der Waals surface area (Å²) in [6.07, 6.45) is -1.37. The molecule has 2 atom stereocenters. The first-order valence-corrected chi connectivity index (χ1v) is 18.7. The van der Waals surface area contributed by atoms with Gasteiger partial charge in [-0.2, -0.15) is 35.0 Å². The molecule has 10 nitrogen and oxygen atoms in total. The van der Waals surface area contributed by atoms with Gasteiger partial charge in [0.15, 0.2) is 0 Å². The Labute approximate surface area is 284 Å². The smallest absolute Gasteiger partial charge is 0.390 e. The second-order valence-corrected chi connectivity index (χ2v) is 16.1. The molecule has 1 saturated carbocycles. The van der Waals surface area contributed by atoms with Crippen LogP contribution in [0.5, 0.6) is 0 Å². The lowest BCUT2D eigenvalue weighted by atomic mass is 10.1. The van der Waals surface area contributed by atoms with Crippen LogP contribution in [0.1, 0.15) is 37.3 Å². The Balaban J connectivity index is 1.72. The number of aliphatic hydroxyl groups excluding tert-OH is 2. The number of rotatable bonds is 21. The second kappa shape index (κ2) is 17.7. The molecule has 0 radical (unpaired) electrons. The van der Waals surface area contributed by atoms with Crippen LogP contribution in [0.4, 0.5) is 26.3 Å². The zero-order valence-corrected chi connectivity index (χ0v) is 28.7. The fourth-order valence-corrected chi connectivity index (χ4v) is 7.47. The summed E-state index contributed by atoms with van der Waals surface area (Å²) in [4.78, 5) is 3.51. The van der Waals surface area contributed by atoms with Crippen molar-refractivity contribution in [2.24, 2.45) is 5.92 Å². The maximum absolute atomic E-state index is 13.4. The predicted molar refractivity (Wildman–Crippen MR) is 172 cm³/mol. The van der Waals surface area contributed by atoms with Crippen molar-refractivity contribution >= 4 is 20.0 Å². The summed E-state index contributed by atoms with van der Waals surface area (Å²) in [7, 11) is -11.3. The summed E-state index contributed by atoms with van der Waals surface area (Å²) < 4.78 is 129. The molecule has 2 N–H and O–H groups in total. The van der Waals surface area contributed by atoms with E-state index in [-0.39, 0.29) is 56.0 Å². The molecule has 2 aromatic carbocycles. The maximum atomic E-state index is 13.4. The zero-order chi connectivity index (χ0) is 36.5. The Bertz CT molecular complexity index is 1500. The highest BCUT2D eigenvalue weighted by Crippen LogP contribution is 2.34. The third-order valence-electron chi connectivity index (χ3n) is 7.99. The summed E-state index contributed by atoms with van der Waals surface area (Å²) in [5.74, 6) is -0.200. The molecule has 278 valence electrons. The Kier molecular flexibility index (Phi) is 14.9. The van der Waals surface area contributed by atoms with E-state index in [0.29, 0.717) is 23.6 Å². The Morgan fingerprint density at radius 1 is 0.673 bits per heavy atom. The van der Waals surface area contributed by atoms with E-state index >= 15 is 0 Å². The fourth-order valence-electron chi connectivity index (χ4n) is 5.40. The minimum atomic E-state index is -5.66. The van der Waals surface area contributed by atoms with Gasteiger partial charge in [-0.1, -0.05) is 67.6 Å². The van der Waals surface area contributed by atoms with Crippen LogP contribution in [-0.2, 0) is 33.1 Å². The molecule has 0 bridgehead atoms. The van der Waals surface area contributed by atoms with Gasteiger partial charge in [-0.3, -0.25) is 9.80 Å². The number of halogens is 6. The first kappa shape index (κ1) is 41.1. The van der Waals surface area contributed by atoms with Crippen molar-refractivity contribution in [3.05, 3.63) is 71.8 Å². The molecule has 1 aliphatic rings. The molecule has 0 spiro atoms. The Morgan fingerprint density at radius 2 is 1.06 bits per heavy atom. The summed E-state index contributed by atoms with van der Waals surface area (Å²) in [6, 6.07) is 18.0. The van der Waals surface area contributed by atoms with E-state index in [1.807, 2.05) is 24.3 Å². The van der Waals surface area contributed by atoms with Crippen LogP contribution >= 0.6 is 0 Å². The predicted octanol–water partition coefficient (Wildman–Crippen LogP) is 3.84. The van der Waals surface area contributed by atoms with Crippen molar-refractivity contribution in [3.63, 3.8) is 0 Å². The largest absolute Gasteiger partial charge is 0.511 e. The highest BCUT2D eigenvalue weighted by atomic mass is 32.2. The van der Waals surface area contributed by atoms with Crippen molar-refractivity contribution < 1.29 is 53.4 Å². The lowest BCUT2D eigenvalue weighted by Gasteiger charge is -2.31. The number of hydrogen-bond acceptors (Lipinski definition) is 8. The first-order valence-electron chi connectivity index (χ1n) is 15.8. The number of aliphatic hydroxyl groups is 2. The minimum absolute atomic E-state index is 0.161. The average Bonchev–Trinajstić information content (AvgIpc) is 3.83. The molecular formula is C31H44F6N4O6S2. The van der Waals surface area contributed by atoms with E-state index in [2.05, 4.69) is 0 Å². The molecule has 0 amide bonds. The second-order valence-electron chi connectivity index (χ2n) is 12.2. The number of alkyl halides is 6. The highest BCUT2D eigenvalue weighted by molar-refractivity contribution is 7.90. The Morgan fingerprint density at radius 3 is 1.43 bits per heavy atom. The molecule has 0 unspecified atom stereocenters. The fraction of sp³-hybridized carbons (Fsp3) is 0.613. The van der Waals surface area contributed by atoms with Gasteiger partial charge in [-0.25, -0.2) is 16.8 Å². The molecule has 0 aliphatic heterocycles.